The molecule has 5 nitrogen and oxygen atoms in total. The van der Waals surface area contributed by atoms with Gasteiger partial charge in [0.2, 0.25) is 11.8 Å². The van der Waals surface area contributed by atoms with Crippen molar-refractivity contribution in [1.82, 2.24) is 4.90 Å². The molecule has 5 heteroatoms. The third-order valence-corrected chi connectivity index (χ3v) is 5.64. The van der Waals surface area contributed by atoms with Crippen molar-refractivity contribution < 1.29 is 9.59 Å². The van der Waals surface area contributed by atoms with Gasteiger partial charge in [-0.15, -0.1) is 0 Å². The molecule has 1 saturated heterocycles. The lowest BCUT2D eigenvalue weighted by molar-refractivity contribution is -0.146. The zero-order chi connectivity index (χ0) is 20.3. The number of carbonyl (C=O) groups excluding carboxylic acids is 2. The molecule has 0 radical (unpaired) electrons. The second kappa shape index (κ2) is 8.05. The Morgan fingerprint density at radius 3 is 2.18 bits per heavy atom. The molecule has 0 saturated carbocycles. The van der Waals surface area contributed by atoms with Crippen molar-refractivity contribution in [1.29, 1.82) is 0 Å². The van der Waals surface area contributed by atoms with Gasteiger partial charge in [-0.3, -0.25) is 9.59 Å². The maximum Gasteiger partial charge on any atom is 0.239 e. The fourth-order valence-corrected chi connectivity index (χ4v) is 3.46. The molecule has 1 aliphatic rings. The molecule has 1 aliphatic heterocycles. The summed E-state index contributed by atoms with van der Waals surface area (Å²) in [5.41, 5.74) is 2.95. The van der Waals surface area contributed by atoms with Gasteiger partial charge < -0.3 is 15.1 Å². The maximum atomic E-state index is 13.1. The Balaban J connectivity index is 1.64. The van der Waals surface area contributed by atoms with Crippen molar-refractivity contribution in [3.63, 3.8) is 0 Å². The molecular weight excluding hydrogens is 350 g/mol. The summed E-state index contributed by atoms with van der Waals surface area (Å²) in [5.74, 6) is -0.389. The van der Waals surface area contributed by atoms with Crippen molar-refractivity contribution in [2.45, 2.75) is 27.7 Å². The third kappa shape index (κ3) is 4.03. The minimum atomic E-state index is -1.12. The summed E-state index contributed by atoms with van der Waals surface area (Å²) in [4.78, 5) is 30.1. The number of nitrogens with zero attached hydrogens (tertiary/aromatic N) is 2. The van der Waals surface area contributed by atoms with Crippen molar-refractivity contribution in [2.24, 2.45) is 5.41 Å². The van der Waals surface area contributed by atoms with Gasteiger partial charge >= 0.3 is 0 Å². The van der Waals surface area contributed by atoms with Crippen LogP contribution in [0.3, 0.4) is 0 Å². The van der Waals surface area contributed by atoms with E-state index in [-0.39, 0.29) is 11.8 Å². The van der Waals surface area contributed by atoms with Gasteiger partial charge in [-0.1, -0.05) is 30.3 Å². The summed E-state index contributed by atoms with van der Waals surface area (Å²) < 4.78 is 0. The fraction of sp³-hybridized carbons (Fsp3) is 0.391. The second-order valence-corrected chi connectivity index (χ2v) is 7.94. The SMILES string of the molecule is Cc1cccc(NC(=O)C(C)(C)C(=O)N2CCN(c3ccccc3)CC2)c1C. The molecule has 0 aliphatic carbocycles. The number of aryl methyl sites for hydroxylation is 1. The number of anilines is 2. The number of carbonyl (C=O) groups is 2. The highest BCUT2D eigenvalue weighted by Crippen LogP contribution is 2.26. The Labute approximate surface area is 167 Å². The van der Waals surface area contributed by atoms with Gasteiger partial charge in [0.1, 0.15) is 5.41 Å². The first-order chi connectivity index (χ1) is 13.3. The lowest BCUT2D eigenvalue weighted by Crippen LogP contribution is -2.54. The summed E-state index contributed by atoms with van der Waals surface area (Å²) in [5, 5.41) is 2.95. The number of para-hydroxylation sites is 1. The number of nitrogens with one attached hydrogen (secondary N) is 1. The molecule has 0 bridgehead atoms. The van der Waals surface area contributed by atoms with Crippen molar-refractivity contribution in [2.75, 3.05) is 36.4 Å². The van der Waals surface area contributed by atoms with E-state index in [0.29, 0.717) is 13.1 Å². The molecule has 148 valence electrons. The Kier molecular flexibility index (Phi) is 5.73. The van der Waals surface area contributed by atoms with Crippen LogP contribution in [0.25, 0.3) is 0 Å². The summed E-state index contributed by atoms with van der Waals surface area (Å²) in [6, 6.07) is 16.0. The van der Waals surface area contributed by atoms with Crippen LogP contribution in [0.2, 0.25) is 0 Å². The average molecular weight is 380 g/mol. The van der Waals surface area contributed by atoms with Gasteiger partial charge in [0, 0.05) is 37.6 Å². The van der Waals surface area contributed by atoms with Crippen molar-refractivity contribution in [3.05, 3.63) is 59.7 Å². The van der Waals surface area contributed by atoms with Gasteiger partial charge in [0.15, 0.2) is 0 Å². The highest BCUT2D eigenvalue weighted by atomic mass is 16.2. The number of amides is 2. The van der Waals surface area contributed by atoms with Crippen LogP contribution in [0, 0.1) is 19.3 Å². The predicted octanol–water partition coefficient (Wildman–Crippen LogP) is 3.62. The van der Waals surface area contributed by atoms with E-state index < -0.39 is 5.41 Å². The Hall–Kier alpha value is -2.82. The number of rotatable bonds is 4. The van der Waals surface area contributed by atoms with Gasteiger partial charge in [0.05, 0.1) is 0 Å². The number of piperazine rings is 1. The Bertz CT molecular complexity index is 853. The maximum absolute atomic E-state index is 13.1. The van der Waals surface area contributed by atoms with E-state index in [1.54, 1.807) is 13.8 Å². The molecule has 1 fully saturated rings. The number of hydrogen-bond acceptors (Lipinski definition) is 3. The fourth-order valence-electron chi connectivity index (χ4n) is 3.46. The van der Waals surface area contributed by atoms with E-state index in [0.717, 1.165) is 29.9 Å². The van der Waals surface area contributed by atoms with Crippen molar-refractivity contribution >= 4 is 23.2 Å². The highest BCUT2D eigenvalue weighted by Gasteiger charge is 2.40. The minimum absolute atomic E-state index is 0.122. The van der Waals surface area contributed by atoms with E-state index in [2.05, 4.69) is 22.3 Å². The van der Waals surface area contributed by atoms with Crippen LogP contribution in [-0.4, -0.2) is 42.9 Å². The van der Waals surface area contributed by atoms with E-state index in [1.165, 1.54) is 5.69 Å². The second-order valence-electron chi connectivity index (χ2n) is 7.94. The van der Waals surface area contributed by atoms with Gasteiger partial charge in [-0.25, -0.2) is 0 Å². The van der Waals surface area contributed by atoms with Crippen LogP contribution in [0.4, 0.5) is 11.4 Å². The molecule has 0 unspecified atom stereocenters. The molecule has 0 atom stereocenters. The number of benzene rings is 2. The van der Waals surface area contributed by atoms with Crippen LogP contribution in [0.15, 0.2) is 48.5 Å². The quantitative estimate of drug-likeness (QED) is 0.826. The van der Waals surface area contributed by atoms with Crippen LogP contribution in [0.5, 0.6) is 0 Å². The first kappa shape index (κ1) is 19.9. The molecule has 0 aromatic heterocycles. The standard InChI is InChI=1S/C23H29N3O2/c1-17-9-8-12-20(18(17)2)24-21(27)23(3,4)22(28)26-15-13-25(14-16-26)19-10-6-5-7-11-19/h5-12H,13-16H2,1-4H3,(H,24,27). The summed E-state index contributed by atoms with van der Waals surface area (Å²) in [6.07, 6.45) is 0. The summed E-state index contributed by atoms with van der Waals surface area (Å²) in [7, 11) is 0. The van der Waals surface area contributed by atoms with E-state index >= 15 is 0 Å². The van der Waals surface area contributed by atoms with Crippen LogP contribution < -0.4 is 10.2 Å². The molecule has 1 heterocycles. The van der Waals surface area contributed by atoms with E-state index in [1.807, 2.05) is 55.1 Å². The largest absolute Gasteiger partial charge is 0.368 e. The van der Waals surface area contributed by atoms with E-state index in [9.17, 15) is 9.59 Å². The lowest BCUT2D eigenvalue weighted by Gasteiger charge is -2.39. The van der Waals surface area contributed by atoms with Gasteiger partial charge in [-0.05, 0) is 57.0 Å². The third-order valence-electron chi connectivity index (χ3n) is 5.64. The summed E-state index contributed by atoms with van der Waals surface area (Å²) in [6.45, 7) is 10.2. The van der Waals surface area contributed by atoms with Crippen molar-refractivity contribution in [3.8, 4) is 0 Å². The first-order valence-electron chi connectivity index (χ1n) is 9.78. The normalized spacial score (nSPS) is 14.7. The molecule has 2 amide bonds. The Morgan fingerprint density at radius 1 is 0.893 bits per heavy atom. The molecule has 2 aromatic rings. The smallest absolute Gasteiger partial charge is 0.239 e. The van der Waals surface area contributed by atoms with Crippen LogP contribution >= 0.6 is 0 Å². The van der Waals surface area contributed by atoms with Crippen LogP contribution in [-0.2, 0) is 9.59 Å². The first-order valence-corrected chi connectivity index (χ1v) is 9.78. The predicted molar refractivity (Wildman–Crippen MR) is 114 cm³/mol. The molecule has 2 aromatic carbocycles. The summed E-state index contributed by atoms with van der Waals surface area (Å²) >= 11 is 0. The molecule has 28 heavy (non-hydrogen) atoms. The molecule has 1 N–H and O–H groups in total. The van der Waals surface area contributed by atoms with E-state index in [4.69, 9.17) is 0 Å². The topological polar surface area (TPSA) is 52.7 Å². The van der Waals surface area contributed by atoms with Gasteiger partial charge in [0.25, 0.3) is 0 Å². The van der Waals surface area contributed by atoms with Crippen LogP contribution in [0.1, 0.15) is 25.0 Å². The molecule has 3 rings (SSSR count). The molecular formula is C23H29N3O2. The zero-order valence-corrected chi connectivity index (χ0v) is 17.2. The number of hydrogen-bond donors (Lipinski definition) is 1. The highest BCUT2D eigenvalue weighted by molar-refractivity contribution is 6.10. The average Bonchev–Trinajstić information content (AvgIpc) is 2.71. The monoisotopic (exact) mass is 379 g/mol. The minimum Gasteiger partial charge on any atom is -0.368 e. The molecule has 0 spiro atoms. The van der Waals surface area contributed by atoms with Gasteiger partial charge in [-0.2, -0.15) is 0 Å². The zero-order valence-electron chi connectivity index (χ0n) is 17.2. The lowest BCUT2D eigenvalue weighted by atomic mass is 9.89. The Morgan fingerprint density at radius 2 is 1.54 bits per heavy atom.